The van der Waals surface area contributed by atoms with Gasteiger partial charge in [-0.3, -0.25) is 14.9 Å². The predicted octanol–water partition coefficient (Wildman–Crippen LogP) is 3.89. The van der Waals surface area contributed by atoms with Gasteiger partial charge in [0.1, 0.15) is 5.82 Å². The number of hydrogen-bond donors (Lipinski definition) is 1. The smallest absolute Gasteiger partial charge is 0.316 e. The SMILES string of the molecule is CCOC(=O)CSc1nnc(NC(=O)c2cnn(-c3ccc(F)cc3)c2C(C)C)s1. The highest BCUT2D eigenvalue weighted by molar-refractivity contribution is 8.01. The van der Waals surface area contributed by atoms with Crippen LogP contribution in [-0.2, 0) is 9.53 Å². The highest BCUT2D eigenvalue weighted by Gasteiger charge is 2.22. The molecule has 30 heavy (non-hydrogen) atoms. The molecular weight excluding hydrogens is 429 g/mol. The third-order valence-electron chi connectivity index (χ3n) is 3.91. The molecule has 0 aliphatic heterocycles. The zero-order chi connectivity index (χ0) is 21.7. The molecule has 2 aromatic heterocycles. The highest BCUT2D eigenvalue weighted by atomic mass is 32.2. The third-order valence-corrected chi connectivity index (χ3v) is 5.86. The van der Waals surface area contributed by atoms with Crippen molar-refractivity contribution in [3.63, 3.8) is 0 Å². The molecule has 3 rings (SSSR count). The maximum Gasteiger partial charge on any atom is 0.316 e. The number of nitrogens with zero attached hydrogens (tertiary/aromatic N) is 4. The Morgan fingerprint density at radius 2 is 2.00 bits per heavy atom. The fourth-order valence-corrected chi connectivity index (χ4v) is 4.23. The molecule has 0 aliphatic rings. The lowest BCUT2D eigenvalue weighted by molar-refractivity contribution is -0.139. The Balaban J connectivity index is 1.74. The normalized spacial score (nSPS) is 11.0. The molecule has 158 valence electrons. The minimum Gasteiger partial charge on any atom is -0.465 e. The van der Waals surface area contributed by atoms with Gasteiger partial charge < -0.3 is 4.74 Å². The average Bonchev–Trinajstić information content (AvgIpc) is 3.34. The molecule has 0 bridgehead atoms. The summed E-state index contributed by atoms with van der Waals surface area (Å²) in [5.74, 6) is -0.937. The summed E-state index contributed by atoms with van der Waals surface area (Å²) in [5.41, 5.74) is 1.75. The van der Waals surface area contributed by atoms with E-state index in [-0.39, 0.29) is 29.4 Å². The van der Waals surface area contributed by atoms with Crippen molar-refractivity contribution < 1.29 is 18.7 Å². The number of ether oxygens (including phenoxy) is 1. The average molecular weight is 450 g/mol. The minimum atomic E-state index is -0.370. The number of carbonyl (C=O) groups excluding carboxylic acids is 2. The van der Waals surface area contributed by atoms with Crippen LogP contribution in [0.1, 0.15) is 42.7 Å². The van der Waals surface area contributed by atoms with Gasteiger partial charge in [0.05, 0.1) is 35.5 Å². The van der Waals surface area contributed by atoms with Crippen molar-refractivity contribution in [3.05, 3.63) is 47.5 Å². The second-order valence-electron chi connectivity index (χ2n) is 6.41. The van der Waals surface area contributed by atoms with Crippen molar-refractivity contribution in [2.75, 3.05) is 17.7 Å². The van der Waals surface area contributed by atoms with E-state index >= 15 is 0 Å². The first-order valence-electron chi connectivity index (χ1n) is 9.16. The van der Waals surface area contributed by atoms with Gasteiger partial charge in [0.25, 0.3) is 5.91 Å². The molecule has 0 saturated heterocycles. The zero-order valence-corrected chi connectivity index (χ0v) is 18.2. The molecule has 1 amide bonds. The van der Waals surface area contributed by atoms with Crippen molar-refractivity contribution in [1.82, 2.24) is 20.0 Å². The van der Waals surface area contributed by atoms with Gasteiger partial charge in [-0.1, -0.05) is 36.9 Å². The van der Waals surface area contributed by atoms with Crippen molar-refractivity contribution >= 4 is 40.1 Å². The summed E-state index contributed by atoms with van der Waals surface area (Å²) in [4.78, 5) is 24.3. The van der Waals surface area contributed by atoms with Crippen LogP contribution in [0.4, 0.5) is 9.52 Å². The molecule has 1 N–H and O–H groups in total. The Labute approximate surface area is 180 Å². The number of hydrogen-bond acceptors (Lipinski definition) is 8. The summed E-state index contributed by atoms with van der Waals surface area (Å²) in [7, 11) is 0. The lowest BCUT2D eigenvalue weighted by Gasteiger charge is -2.12. The second kappa shape index (κ2) is 9.81. The summed E-state index contributed by atoms with van der Waals surface area (Å²) in [6.45, 7) is 5.96. The number of amides is 1. The molecule has 11 heteroatoms. The Kier molecular flexibility index (Phi) is 7.16. The van der Waals surface area contributed by atoms with E-state index in [1.54, 1.807) is 23.7 Å². The lowest BCUT2D eigenvalue weighted by Crippen LogP contribution is -2.15. The van der Waals surface area contributed by atoms with E-state index in [0.717, 1.165) is 0 Å². The van der Waals surface area contributed by atoms with E-state index in [1.807, 2.05) is 13.8 Å². The van der Waals surface area contributed by atoms with E-state index < -0.39 is 0 Å². The van der Waals surface area contributed by atoms with E-state index in [1.165, 1.54) is 41.4 Å². The molecule has 0 fully saturated rings. The number of rotatable bonds is 8. The van der Waals surface area contributed by atoms with Crippen molar-refractivity contribution in [1.29, 1.82) is 0 Å². The fourth-order valence-electron chi connectivity index (χ4n) is 2.68. The summed E-state index contributed by atoms with van der Waals surface area (Å²) < 4.78 is 20.3. The van der Waals surface area contributed by atoms with Crippen LogP contribution in [-0.4, -0.2) is 44.2 Å². The Hall–Kier alpha value is -2.79. The van der Waals surface area contributed by atoms with Gasteiger partial charge in [-0.2, -0.15) is 5.10 Å². The molecule has 0 saturated carbocycles. The number of esters is 1. The van der Waals surface area contributed by atoms with Gasteiger partial charge in [-0.25, -0.2) is 9.07 Å². The maximum absolute atomic E-state index is 13.2. The van der Waals surface area contributed by atoms with Crippen molar-refractivity contribution in [2.24, 2.45) is 0 Å². The third kappa shape index (κ3) is 5.22. The largest absolute Gasteiger partial charge is 0.465 e. The van der Waals surface area contributed by atoms with Crippen LogP contribution in [0, 0.1) is 5.82 Å². The summed E-state index contributed by atoms with van der Waals surface area (Å²) in [5, 5.41) is 15.3. The van der Waals surface area contributed by atoms with Crippen LogP contribution in [0.5, 0.6) is 0 Å². The van der Waals surface area contributed by atoms with Crippen LogP contribution in [0.25, 0.3) is 5.69 Å². The highest BCUT2D eigenvalue weighted by Crippen LogP contribution is 2.27. The summed E-state index contributed by atoms with van der Waals surface area (Å²) >= 11 is 2.36. The van der Waals surface area contributed by atoms with Gasteiger partial charge in [0.15, 0.2) is 4.34 Å². The maximum atomic E-state index is 13.2. The standard InChI is InChI=1S/C19H20FN5O3S2/c1-4-28-15(26)10-29-19-24-23-18(30-19)22-17(27)14-9-21-25(16(14)11(2)3)13-7-5-12(20)6-8-13/h5-9,11H,4,10H2,1-3H3,(H,22,23,27). The molecule has 0 spiro atoms. The topological polar surface area (TPSA) is 99.0 Å². The minimum absolute atomic E-state index is 0.0107. The van der Waals surface area contributed by atoms with E-state index in [2.05, 4.69) is 20.6 Å². The zero-order valence-electron chi connectivity index (χ0n) is 16.6. The number of benzene rings is 1. The number of halogens is 1. The molecular formula is C19H20FN5O3S2. The number of aromatic nitrogens is 4. The molecule has 2 heterocycles. The first-order valence-corrected chi connectivity index (χ1v) is 11.0. The number of nitrogens with one attached hydrogen (secondary N) is 1. The molecule has 0 atom stereocenters. The molecule has 1 aromatic carbocycles. The Morgan fingerprint density at radius 3 is 2.67 bits per heavy atom. The first kappa shape index (κ1) is 21.9. The summed E-state index contributed by atoms with van der Waals surface area (Å²) in [6, 6.07) is 5.90. The molecule has 0 unspecified atom stereocenters. The van der Waals surface area contributed by atoms with Crippen LogP contribution < -0.4 is 5.32 Å². The lowest BCUT2D eigenvalue weighted by atomic mass is 10.1. The van der Waals surface area contributed by atoms with Gasteiger partial charge in [0.2, 0.25) is 5.13 Å². The molecule has 8 nitrogen and oxygen atoms in total. The Bertz CT molecular complexity index is 1030. The number of carbonyl (C=O) groups is 2. The van der Waals surface area contributed by atoms with E-state index in [0.29, 0.717) is 33.0 Å². The van der Waals surface area contributed by atoms with Crippen LogP contribution >= 0.6 is 23.1 Å². The predicted molar refractivity (Wildman–Crippen MR) is 113 cm³/mol. The van der Waals surface area contributed by atoms with E-state index in [9.17, 15) is 14.0 Å². The monoisotopic (exact) mass is 449 g/mol. The second-order valence-corrected chi connectivity index (χ2v) is 8.61. The first-order chi connectivity index (χ1) is 14.4. The van der Waals surface area contributed by atoms with Crippen LogP contribution in [0.3, 0.4) is 0 Å². The van der Waals surface area contributed by atoms with Crippen LogP contribution in [0.2, 0.25) is 0 Å². The van der Waals surface area contributed by atoms with Crippen molar-refractivity contribution in [3.8, 4) is 5.69 Å². The quantitative estimate of drug-likeness (QED) is 0.316. The number of anilines is 1. The summed E-state index contributed by atoms with van der Waals surface area (Å²) in [6.07, 6.45) is 1.48. The van der Waals surface area contributed by atoms with E-state index in [4.69, 9.17) is 4.74 Å². The fraction of sp³-hybridized carbons (Fsp3) is 0.316. The van der Waals surface area contributed by atoms with Gasteiger partial charge in [-0.15, -0.1) is 10.2 Å². The molecule has 0 aliphatic carbocycles. The molecule has 3 aromatic rings. The number of thioether (sulfide) groups is 1. The van der Waals surface area contributed by atoms with Gasteiger partial charge in [0, 0.05) is 0 Å². The van der Waals surface area contributed by atoms with Crippen LogP contribution in [0.15, 0.2) is 34.8 Å². The Morgan fingerprint density at radius 1 is 1.27 bits per heavy atom. The van der Waals surface area contributed by atoms with Gasteiger partial charge >= 0.3 is 5.97 Å². The molecule has 0 radical (unpaired) electrons. The van der Waals surface area contributed by atoms with Gasteiger partial charge in [-0.05, 0) is 37.1 Å². The van der Waals surface area contributed by atoms with Crippen molar-refractivity contribution in [2.45, 2.75) is 31.0 Å².